The predicted octanol–water partition coefficient (Wildman–Crippen LogP) is 3.13. The molecular weight excluding hydrogens is 240 g/mol. The van der Waals surface area contributed by atoms with E-state index in [0.29, 0.717) is 17.4 Å². The Morgan fingerprint density at radius 1 is 1.42 bits per heavy atom. The number of carbonyl (C=O) groups excluding carboxylic acids is 1. The van der Waals surface area contributed by atoms with Crippen LogP contribution in [0.15, 0.2) is 29.8 Å². The quantitative estimate of drug-likeness (QED) is 0.645. The monoisotopic (exact) mass is 260 g/mol. The van der Waals surface area contributed by atoms with Crippen molar-refractivity contribution >= 4 is 11.6 Å². The summed E-state index contributed by atoms with van der Waals surface area (Å²) in [6, 6.07) is 7.53. The zero-order valence-electron chi connectivity index (χ0n) is 11.4. The Labute approximate surface area is 113 Å². The van der Waals surface area contributed by atoms with E-state index in [0.717, 1.165) is 6.42 Å². The highest BCUT2D eigenvalue weighted by Gasteiger charge is 2.26. The van der Waals surface area contributed by atoms with Gasteiger partial charge < -0.3 is 5.73 Å². The summed E-state index contributed by atoms with van der Waals surface area (Å²) in [5, 5.41) is 9.95. The lowest BCUT2D eigenvalue weighted by molar-refractivity contribution is -0.0372. The van der Waals surface area contributed by atoms with Gasteiger partial charge in [-0.25, -0.2) is 9.86 Å². The molecular formula is C15H20N2O2. The van der Waals surface area contributed by atoms with E-state index in [1.54, 1.807) is 0 Å². The second-order valence-corrected chi connectivity index (χ2v) is 4.92. The van der Waals surface area contributed by atoms with Crippen LogP contribution in [0.4, 0.5) is 4.79 Å². The summed E-state index contributed by atoms with van der Waals surface area (Å²) < 4.78 is 0. The average molecular weight is 260 g/mol. The molecule has 1 unspecified atom stereocenters. The van der Waals surface area contributed by atoms with E-state index in [1.165, 1.54) is 22.3 Å². The van der Waals surface area contributed by atoms with Crippen LogP contribution >= 0.6 is 0 Å². The topological polar surface area (TPSA) is 66.6 Å². The lowest BCUT2D eigenvalue weighted by Crippen LogP contribution is -2.33. The number of amides is 2. The SMILES string of the molecule is CCC1C(C)=C(CCN(O)C(N)=O)c2ccccc21. The minimum Gasteiger partial charge on any atom is -0.350 e. The molecule has 2 amide bonds. The molecule has 4 nitrogen and oxygen atoms in total. The number of primary amides is 1. The molecule has 0 aromatic heterocycles. The van der Waals surface area contributed by atoms with Gasteiger partial charge in [-0.15, -0.1) is 0 Å². The van der Waals surface area contributed by atoms with Crippen LogP contribution < -0.4 is 5.73 Å². The molecule has 0 saturated heterocycles. The van der Waals surface area contributed by atoms with Gasteiger partial charge in [-0.3, -0.25) is 5.21 Å². The van der Waals surface area contributed by atoms with Crippen molar-refractivity contribution in [1.29, 1.82) is 0 Å². The third-order valence-electron chi connectivity index (χ3n) is 3.90. The Morgan fingerprint density at radius 2 is 2.11 bits per heavy atom. The molecule has 1 aromatic rings. The first-order chi connectivity index (χ1) is 9.06. The Morgan fingerprint density at radius 3 is 2.74 bits per heavy atom. The number of hydrogen-bond donors (Lipinski definition) is 2. The van der Waals surface area contributed by atoms with Crippen LogP contribution in [0.1, 0.15) is 43.7 Å². The third-order valence-corrected chi connectivity index (χ3v) is 3.90. The van der Waals surface area contributed by atoms with Gasteiger partial charge in [0, 0.05) is 5.92 Å². The molecule has 1 atom stereocenters. The van der Waals surface area contributed by atoms with E-state index in [-0.39, 0.29) is 6.54 Å². The number of nitrogens with zero attached hydrogens (tertiary/aromatic N) is 1. The number of benzene rings is 1. The number of carbonyl (C=O) groups is 1. The van der Waals surface area contributed by atoms with Crippen LogP contribution in [0.3, 0.4) is 0 Å². The molecule has 1 aliphatic rings. The minimum absolute atomic E-state index is 0.229. The van der Waals surface area contributed by atoms with Gasteiger partial charge in [0.05, 0.1) is 6.54 Å². The normalized spacial score (nSPS) is 17.5. The zero-order valence-corrected chi connectivity index (χ0v) is 11.4. The molecule has 102 valence electrons. The largest absolute Gasteiger partial charge is 0.350 e. The number of rotatable bonds is 4. The lowest BCUT2D eigenvalue weighted by atomic mass is 9.94. The van der Waals surface area contributed by atoms with Crippen molar-refractivity contribution in [2.45, 2.75) is 32.6 Å². The summed E-state index contributed by atoms with van der Waals surface area (Å²) >= 11 is 0. The molecule has 1 aromatic carbocycles. The van der Waals surface area contributed by atoms with Gasteiger partial charge >= 0.3 is 6.03 Å². The summed E-state index contributed by atoms with van der Waals surface area (Å²) in [6.07, 6.45) is 1.68. The summed E-state index contributed by atoms with van der Waals surface area (Å²) in [6.45, 7) is 4.54. The molecule has 4 heteroatoms. The third kappa shape index (κ3) is 2.49. The van der Waals surface area contributed by atoms with Crippen molar-refractivity contribution in [2.24, 2.45) is 5.73 Å². The van der Waals surface area contributed by atoms with E-state index < -0.39 is 6.03 Å². The Hall–Kier alpha value is -1.81. The summed E-state index contributed by atoms with van der Waals surface area (Å²) in [5.41, 5.74) is 10.2. The van der Waals surface area contributed by atoms with E-state index >= 15 is 0 Å². The fourth-order valence-corrected chi connectivity index (χ4v) is 2.92. The van der Waals surface area contributed by atoms with Crippen LogP contribution in [0.2, 0.25) is 0 Å². The molecule has 2 rings (SSSR count). The first-order valence-electron chi connectivity index (χ1n) is 6.61. The summed E-state index contributed by atoms with van der Waals surface area (Å²) in [7, 11) is 0. The highest BCUT2D eigenvalue weighted by atomic mass is 16.5. The molecule has 0 bridgehead atoms. The molecule has 0 heterocycles. The highest BCUT2D eigenvalue weighted by molar-refractivity contribution is 5.78. The van der Waals surface area contributed by atoms with Crippen LogP contribution in [-0.4, -0.2) is 22.8 Å². The van der Waals surface area contributed by atoms with Gasteiger partial charge in [-0.2, -0.15) is 0 Å². The van der Waals surface area contributed by atoms with E-state index in [1.807, 2.05) is 6.07 Å². The summed E-state index contributed by atoms with van der Waals surface area (Å²) in [4.78, 5) is 10.8. The maximum Gasteiger partial charge on any atom is 0.338 e. The van der Waals surface area contributed by atoms with Crippen molar-refractivity contribution in [2.75, 3.05) is 6.54 Å². The van der Waals surface area contributed by atoms with Crippen molar-refractivity contribution < 1.29 is 10.0 Å². The Bertz CT molecular complexity index is 523. The first-order valence-corrected chi connectivity index (χ1v) is 6.61. The van der Waals surface area contributed by atoms with Crippen LogP contribution in [0.5, 0.6) is 0 Å². The number of nitrogens with two attached hydrogens (primary N) is 1. The van der Waals surface area contributed by atoms with Gasteiger partial charge in [-0.1, -0.05) is 36.8 Å². The first kappa shape index (κ1) is 13.6. The van der Waals surface area contributed by atoms with Crippen molar-refractivity contribution in [1.82, 2.24) is 5.06 Å². The predicted molar refractivity (Wildman–Crippen MR) is 74.8 cm³/mol. The van der Waals surface area contributed by atoms with Crippen molar-refractivity contribution in [3.63, 3.8) is 0 Å². The van der Waals surface area contributed by atoms with E-state index in [4.69, 9.17) is 5.73 Å². The smallest absolute Gasteiger partial charge is 0.338 e. The molecule has 0 aliphatic heterocycles. The standard InChI is InChI=1S/C15H20N2O2/c1-3-11-10(2)12(8-9-17(19)15(16)18)14-7-5-4-6-13(11)14/h4-7,11,19H,3,8-9H2,1-2H3,(H2,16,18). The van der Waals surface area contributed by atoms with Gasteiger partial charge in [0.2, 0.25) is 0 Å². The van der Waals surface area contributed by atoms with Crippen molar-refractivity contribution in [3.8, 4) is 0 Å². The van der Waals surface area contributed by atoms with Gasteiger partial charge in [0.15, 0.2) is 0 Å². The fourth-order valence-electron chi connectivity index (χ4n) is 2.92. The van der Waals surface area contributed by atoms with Gasteiger partial charge in [-0.05, 0) is 36.5 Å². The molecule has 0 fully saturated rings. The second-order valence-electron chi connectivity index (χ2n) is 4.92. The molecule has 1 aliphatic carbocycles. The van der Waals surface area contributed by atoms with Crippen LogP contribution in [0, 0.1) is 0 Å². The van der Waals surface area contributed by atoms with Gasteiger partial charge in [0.1, 0.15) is 0 Å². The molecule has 0 radical (unpaired) electrons. The fraction of sp³-hybridized carbons (Fsp3) is 0.400. The minimum atomic E-state index is -0.809. The Balaban J connectivity index is 2.24. The summed E-state index contributed by atoms with van der Waals surface area (Å²) in [5.74, 6) is 0.451. The van der Waals surface area contributed by atoms with Crippen molar-refractivity contribution in [3.05, 3.63) is 41.0 Å². The highest BCUT2D eigenvalue weighted by Crippen LogP contribution is 2.44. The zero-order chi connectivity index (χ0) is 14.0. The number of allylic oxidation sites excluding steroid dienone is 1. The number of hydrogen-bond acceptors (Lipinski definition) is 2. The van der Waals surface area contributed by atoms with Gasteiger partial charge in [0.25, 0.3) is 0 Å². The van der Waals surface area contributed by atoms with Crippen LogP contribution in [0.25, 0.3) is 5.57 Å². The maximum absolute atomic E-state index is 10.8. The number of hydroxylamine groups is 2. The molecule has 0 saturated carbocycles. The molecule has 19 heavy (non-hydrogen) atoms. The average Bonchev–Trinajstić information content (AvgIpc) is 2.67. The Kier molecular flexibility index (Phi) is 3.90. The maximum atomic E-state index is 10.8. The number of fused-ring (bicyclic) bond motifs is 1. The van der Waals surface area contributed by atoms with Crippen LogP contribution in [-0.2, 0) is 0 Å². The second kappa shape index (κ2) is 5.45. The van der Waals surface area contributed by atoms with E-state index in [9.17, 15) is 10.0 Å². The molecule has 3 N–H and O–H groups in total. The molecule has 0 spiro atoms. The number of urea groups is 1. The van der Waals surface area contributed by atoms with E-state index in [2.05, 4.69) is 32.0 Å². The lowest BCUT2D eigenvalue weighted by Gasteiger charge is -2.13.